The van der Waals surface area contributed by atoms with E-state index in [1.807, 2.05) is 0 Å². The SMILES string of the molecule is CC1c2ccccc2-c2ccc(Cc3ccc(-c4ccccc4)cc3)cc21. The van der Waals surface area contributed by atoms with Crippen molar-refractivity contribution in [2.24, 2.45) is 0 Å². The van der Waals surface area contributed by atoms with Crippen molar-refractivity contribution in [3.63, 3.8) is 0 Å². The van der Waals surface area contributed by atoms with Crippen LogP contribution in [0.3, 0.4) is 0 Å². The molecule has 0 radical (unpaired) electrons. The molecular weight excluding hydrogens is 324 g/mol. The normalized spacial score (nSPS) is 14.6. The van der Waals surface area contributed by atoms with Crippen molar-refractivity contribution < 1.29 is 0 Å². The molecule has 4 aromatic rings. The van der Waals surface area contributed by atoms with Crippen molar-refractivity contribution in [2.75, 3.05) is 0 Å². The average molecular weight is 346 g/mol. The Morgan fingerprint density at radius 2 is 1.19 bits per heavy atom. The minimum atomic E-state index is 0.483. The summed E-state index contributed by atoms with van der Waals surface area (Å²) in [6.45, 7) is 2.32. The Morgan fingerprint density at radius 1 is 0.556 bits per heavy atom. The second-order valence-electron chi connectivity index (χ2n) is 7.47. The minimum Gasteiger partial charge on any atom is -0.0622 e. The standard InChI is InChI=1S/C27H22/c1-19-24-9-5-6-10-25(24)26-16-13-21(18-27(19)26)17-20-11-14-23(15-12-20)22-7-3-2-4-8-22/h2-16,18-19H,17H2,1H3. The Labute approximate surface area is 161 Å². The van der Waals surface area contributed by atoms with Crippen LogP contribution >= 0.6 is 0 Å². The van der Waals surface area contributed by atoms with Gasteiger partial charge in [-0.3, -0.25) is 0 Å². The monoisotopic (exact) mass is 346 g/mol. The van der Waals surface area contributed by atoms with Crippen molar-refractivity contribution in [1.29, 1.82) is 0 Å². The first-order valence-corrected chi connectivity index (χ1v) is 9.66. The second-order valence-corrected chi connectivity index (χ2v) is 7.47. The Bertz CT molecular complexity index is 1090. The van der Waals surface area contributed by atoms with Crippen LogP contribution in [0.2, 0.25) is 0 Å². The van der Waals surface area contributed by atoms with E-state index >= 15 is 0 Å². The summed E-state index contributed by atoms with van der Waals surface area (Å²) < 4.78 is 0. The lowest BCUT2D eigenvalue weighted by Crippen LogP contribution is -1.93. The molecule has 0 heteroatoms. The van der Waals surface area contributed by atoms with E-state index in [0.29, 0.717) is 5.92 Å². The van der Waals surface area contributed by atoms with Crippen LogP contribution in [-0.4, -0.2) is 0 Å². The zero-order valence-corrected chi connectivity index (χ0v) is 15.5. The summed E-state index contributed by atoms with van der Waals surface area (Å²) >= 11 is 0. The van der Waals surface area contributed by atoms with E-state index in [9.17, 15) is 0 Å². The largest absolute Gasteiger partial charge is 0.0622 e. The number of benzene rings is 4. The summed E-state index contributed by atoms with van der Waals surface area (Å²) in [6, 6.07) is 35.4. The smallest absolute Gasteiger partial charge is 0.00734 e. The molecule has 0 saturated heterocycles. The number of hydrogen-bond acceptors (Lipinski definition) is 0. The molecule has 0 bridgehead atoms. The first-order valence-electron chi connectivity index (χ1n) is 9.66. The lowest BCUT2D eigenvalue weighted by atomic mass is 9.95. The van der Waals surface area contributed by atoms with Gasteiger partial charge in [0.15, 0.2) is 0 Å². The summed E-state index contributed by atoms with van der Waals surface area (Å²) in [5, 5.41) is 0. The maximum atomic E-state index is 2.41. The molecule has 27 heavy (non-hydrogen) atoms. The van der Waals surface area contributed by atoms with E-state index in [1.54, 1.807) is 0 Å². The van der Waals surface area contributed by atoms with E-state index in [0.717, 1.165) is 6.42 Å². The lowest BCUT2D eigenvalue weighted by Gasteiger charge is -2.10. The van der Waals surface area contributed by atoms with Crippen molar-refractivity contribution in [2.45, 2.75) is 19.3 Å². The molecule has 1 aliphatic carbocycles. The molecule has 130 valence electrons. The fourth-order valence-corrected chi connectivity index (χ4v) is 4.29. The maximum absolute atomic E-state index is 2.41. The Balaban J connectivity index is 1.41. The molecular formula is C27H22. The molecule has 0 aliphatic heterocycles. The highest BCUT2D eigenvalue weighted by Crippen LogP contribution is 2.44. The van der Waals surface area contributed by atoms with Gasteiger partial charge in [0.05, 0.1) is 0 Å². The Morgan fingerprint density at radius 3 is 2.00 bits per heavy atom. The molecule has 4 aromatic carbocycles. The minimum absolute atomic E-state index is 0.483. The van der Waals surface area contributed by atoms with Crippen LogP contribution in [0, 0.1) is 0 Å². The van der Waals surface area contributed by atoms with Crippen molar-refractivity contribution in [1.82, 2.24) is 0 Å². The molecule has 0 heterocycles. The Kier molecular flexibility index (Phi) is 3.90. The number of rotatable bonds is 3. The van der Waals surface area contributed by atoms with Gasteiger partial charge in [0.2, 0.25) is 0 Å². The summed E-state index contributed by atoms with van der Waals surface area (Å²) in [4.78, 5) is 0. The third-order valence-electron chi connectivity index (χ3n) is 5.77. The van der Waals surface area contributed by atoms with Gasteiger partial charge in [-0.2, -0.15) is 0 Å². The highest BCUT2D eigenvalue weighted by molar-refractivity contribution is 5.79. The molecule has 0 nitrogen and oxygen atoms in total. The molecule has 0 amide bonds. The highest BCUT2D eigenvalue weighted by atomic mass is 14.3. The predicted octanol–water partition coefficient (Wildman–Crippen LogP) is 7.08. The molecule has 0 N–H and O–H groups in total. The second kappa shape index (κ2) is 6.55. The van der Waals surface area contributed by atoms with E-state index in [2.05, 4.69) is 104 Å². The zero-order valence-electron chi connectivity index (χ0n) is 15.5. The number of hydrogen-bond donors (Lipinski definition) is 0. The van der Waals surface area contributed by atoms with Gasteiger partial charge in [-0.1, -0.05) is 104 Å². The van der Waals surface area contributed by atoms with Crippen molar-refractivity contribution in [3.05, 3.63) is 119 Å². The molecule has 1 unspecified atom stereocenters. The van der Waals surface area contributed by atoms with Gasteiger partial charge < -0.3 is 0 Å². The summed E-state index contributed by atoms with van der Waals surface area (Å²) in [6.07, 6.45) is 0.978. The van der Waals surface area contributed by atoms with Crippen molar-refractivity contribution in [3.8, 4) is 22.3 Å². The fourth-order valence-electron chi connectivity index (χ4n) is 4.29. The van der Waals surface area contributed by atoms with E-state index in [-0.39, 0.29) is 0 Å². The van der Waals surface area contributed by atoms with Crippen LogP contribution in [0.4, 0.5) is 0 Å². The van der Waals surface area contributed by atoms with Gasteiger partial charge >= 0.3 is 0 Å². The van der Waals surface area contributed by atoms with Crippen LogP contribution in [-0.2, 0) is 6.42 Å². The molecule has 1 aliphatic rings. The zero-order chi connectivity index (χ0) is 18.2. The quantitative estimate of drug-likeness (QED) is 0.372. The first-order chi connectivity index (χ1) is 13.3. The third-order valence-corrected chi connectivity index (χ3v) is 5.77. The molecule has 1 atom stereocenters. The van der Waals surface area contributed by atoms with Gasteiger partial charge in [-0.25, -0.2) is 0 Å². The number of fused-ring (bicyclic) bond motifs is 3. The van der Waals surface area contributed by atoms with Gasteiger partial charge in [0, 0.05) is 5.92 Å². The molecule has 0 saturated carbocycles. The summed E-state index contributed by atoms with van der Waals surface area (Å²) in [5.74, 6) is 0.483. The van der Waals surface area contributed by atoms with E-state index in [4.69, 9.17) is 0 Å². The topological polar surface area (TPSA) is 0 Å². The lowest BCUT2D eigenvalue weighted by molar-refractivity contribution is 0.951. The van der Waals surface area contributed by atoms with Gasteiger partial charge in [-0.05, 0) is 50.9 Å². The fraction of sp³-hybridized carbons (Fsp3) is 0.111. The van der Waals surface area contributed by atoms with Crippen molar-refractivity contribution >= 4 is 0 Å². The highest BCUT2D eigenvalue weighted by Gasteiger charge is 2.24. The third kappa shape index (κ3) is 2.88. The molecule has 0 spiro atoms. The van der Waals surface area contributed by atoms with Crippen LogP contribution in [0.5, 0.6) is 0 Å². The Hall–Kier alpha value is -3.12. The molecule has 5 rings (SSSR count). The van der Waals surface area contributed by atoms with Gasteiger partial charge in [0.1, 0.15) is 0 Å². The average Bonchev–Trinajstić information content (AvgIpc) is 3.01. The maximum Gasteiger partial charge on any atom is 0.00734 e. The molecule has 0 aromatic heterocycles. The van der Waals surface area contributed by atoms with Gasteiger partial charge in [0.25, 0.3) is 0 Å². The van der Waals surface area contributed by atoms with Crippen LogP contribution < -0.4 is 0 Å². The van der Waals surface area contributed by atoms with Crippen LogP contribution in [0.1, 0.15) is 35.1 Å². The predicted molar refractivity (Wildman–Crippen MR) is 114 cm³/mol. The van der Waals surface area contributed by atoms with E-state index in [1.165, 1.54) is 44.5 Å². The summed E-state index contributed by atoms with van der Waals surface area (Å²) in [7, 11) is 0. The van der Waals surface area contributed by atoms with E-state index < -0.39 is 0 Å². The summed E-state index contributed by atoms with van der Waals surface area (Å²) in [5.41, 5.74) is 11.0. The van der Waals surface area contributed by atoms with Gasteiger partial charge in [-0.15, -0.1) is 0 Å². The molecule has 0 fully saturated rings. The van der Waals surface area contributed by atoms with Crippen LogP contribution in [0.15, 0.2) is 97.1 Å². The van der Waals surface area contributed by atoms with Crippen LogP contribution in [0.25, 0.3) is 22.3 Å². The first kappa shape index (κ1) is 16.1.